The Morgan fingerprint density at radius 1 is 1.17 bits per heavy atom. The highest BCUT2D eigenvalue weighted by atomic mass is 32.1. The Balaban J connectivity index is 1.65. The Hall–Kier alpha value is -2.73. The van der Waals surface area contributed by atoms with Gasteiger partial charge in [-0.1, -0.05) is 47.1 Å². The number of benzene rings is 2. The molecule has 5 nitrogen and oxygen atoms in total. The van der Waals surface area contributed by atoms with Gasteiger partial charge < -0.3 is 14.7 Å². The molecule has 0 saturated heterocycles. The maximum Gasteiger partial charge on any atom is 0.246 e. The second kappa shape index (κ2) is 7.23. The van der Waals surface area contributed by atoms with Gasteiger partial charge in [0.15, 0.2) is 5.11 Å². The summed E-state index contributed by atoms with van der Waals surface area (Å²) >= 11 is 5.40. The molecular formula is C18H18N4OS. The smallest absolute Gasteiger partial charge is 0.246 e. The molecule has 1 heterocycles. The summed E-state index contributed by atoms with van der Waals surface area (Å²) in [5.41, 5.74) is 3.04. The van der Waals surface area contributed by atoms with E-state index in [1.165, 1.54) is 0 Å². The molecule has 0 fully saturated rings. The van der Waals surface area contributed by atoms with E-state index in [0.717, 1.165) is 16.8 Å². The van der Waals surface area contributed by atoms with Crippen LogP contribution in [0.25, 0.3) is 11.4 Å². The number of hydrogen-bond donors (Lipinski definition) is 1. The highest BCUT2D eigenvalue weighted by molar-refractivity contribution is 7.80. The topological polar surface area (TPSA) is 54.2 Å². The van der Waals surface area contributed by atoms with Gasteiger partial charge in [-0.25, -0.2) is 0 Å². The van der Waals surface area contributed by atoms with Gasteiger partial charge >= 0.3 is 0 Å². The van der Waals surface area contributed by atoms with Crippen LogP contribution in [0.5, 0.6) is 0 Å². The second-order valence-corrected chi connectivity index (χ2v) is 5.92. The van der Waals surface area contributed by atoms with E-state index in [-0.39, 0.29) is 0 Å². The molecule has 24 heavy (non-hydrogen) atoms. The molecule has 0 aliphatic heterocycles. The predicted molar refractivity (Wildman–Crippen MR) is 98.6 cm³/mol. The van der Waals surface area contributed by atoms with Crippen molar-refractivity contribution in [1.82, 2.24) is 15.0 Å². The van der Waals surface area contributed by atoms with Gasteiger partial charge in [-0.05, 0) is 37.3 Å². The molecule has 1 aromatic heterocycles. The minimum absolute atomic E-state index is 0.442. The molecule has 0 saturated carbocycles. The molecule has 3 aromatic rings. The van der Waals surface area contributed by atoms with Crippen LogP contribution in [0.4, 0.5) is 5.69 Å². The van der Waals surface area contributed by atoms with E-state index >= 15 is 0 Å². The zero-order valence-corrected chi connectivity index (χ0v) is 14.4. The SMILES string of the molecule is Cc1cccc(-c2noc(CN(C)C(=S)Nc3ccccc3)n2)c1. The Labute approximate surface area is 146 Å². The van der Waals surface area contributed by atoms with E-state index in [0.29, 0.717) is 23.4 Å². The lowest BCUT2D eigenvalue weighted by Crippen LogP contribution is -2.30. The standard InChI is InChI=1S/C18H18N4OS/c1-13-7-6-8-14(11-13)17-20-16(23-21-17)12-22(2)18(24)19-15-9-4-3-5-10-15/h3-11H,12H2,1-2H3,(H,19,24). The van der Waals surface area contributed by atoms with E-state index in [1.54, 1.807) is 0 Å². The third-order valence-electron chi connectivity index (χ3n) is 3.49. The average Bonchev–Trinajstić information content (AvgIpc) is 3.04. The molecular weight excluding hydrogens is 320 g/mol. The summed E-state index contributed by atoms with van der Waals surface area (Å²) in [6, 6.07) is 17.8. The van der Waals surface area contributed by atoms with Crippen LogP contribution in [0.15, 0.2) is 59.1 Å². The van der Waals surface area contributed by atoms with E-state index in [2.05, 4.69) is 15.5 Å². The van der Waals surface area contributed by atoms with Crippen LogP contribution in [0.1, 0.15) is 11.5 Å². The quantitative estimate of drug-likeness (QED) is 0.729. The van der Waals surface area contributed by atoms with Crippen molar-refractivity contribution in [1.29, 1.82) is 0 Å². The van der Waals surface area contributed by atoms with Gasteiger partial charge in [-0.2, -0.15) is 4.98 Å². The Morgan fingerprint density at radius 2 is 1.96 bits per heavy atom. The first-order valence-electron chi connectivity index (χ1n) is 7.58. The van der Waals surface area contributed by atoms with Crippen molar-refractivity contribution in [3.8, 4) is 11.4 Å². The average molecular weight is 338 g/mol. The summed E-state index contributed by atoms with van der Waals surface area (Å²) in [6.07, 6.45) is 0. The van der Waals surface area contributed by atoms with Crippen LogP contribution >= 0.6 is 12.2 Å². The van der Waals surface area contributed by atoms with Gasteiger partial charge in [0, 0.05) is 18.3 Å². The highest BCUT2D eigenvalue weighted by Crippen LogP contribution is 2.17. The van der Waals surface area contributed by atoms with Crippen LogP contribution in [-0.4, -0.2) is 27.2 Å². The number of aryl methyl sites for hydroxylation is 1. The lowest BCUT2D eigenvalue weighted by Gasteiger charge is -2.19. The lowest BCUT2D eigenvalue weighted by atomic mass is 10.1. The maximum absolute atomic E-state index is 5.40. The van der Waals surface area contributed by atoms with Gasteiger partial charge in [0.2, 0.25) is 11.7 Å². The first-order chi connectivity index (χ1) is 11.6. The summed E-state index contributed by atoms with van der Waals surface area (Å²) in [5.74, 6) is 1.11. The molecule has 6 heteroatoms. The fourth-order valence-corrected chi connectivity index (χ4v) is 2.42. The molecule has 0 unspecified atom stereocenters. The molecule has 0 radical (unpaired) electrons. The van der Waals surface area contributed by atoms with Crippen LogP contribution in [0.2, 0.25) is 0 Å². The maximum atomic E-state index is 5.40. The highest BCUT2D eigenvalue weighted by Gasteiger charge is 2.12. The third-order valence-corrected chi connectivity index (χ3v) is 3.90. The fraction of sp³-hybridized carbons (Fsp3) is 0.167. The first-order valence-corrected chi connectivity index (χ1v) is 7.99. The van der Waals surface area contributed by atoms with Gasteiger partial charge in [0.1, 0.15) is 0 Å². The van der Waals surface area contributed by atoms with Gasteiger partial charge in [-0.3, -0.25) is 0 Å². The van der Waals surface area contributed by atoms with E-state index in [1.807, 2.05) is 73.5 Å². The van der Waals surface area contributed by atoms with E-state index in [9.17, 15) is 0 Å². The summed E-state index contributed by atoms with van der Waals surface area (Å²) in [5, 5.41) is 7.82. The fourth-order valence-electron chi connectivity index (χ4n) is 2.24. The van der Waals surface area contributed by atoms with Crippen molar-refractivity contribution in [2.45, 2.75) is 13.5 Å². The third kappa shape index (κ3) is 3.97. The molecule has 0 spiro atoms. The van der Waals surface area contributed by atoms with Crippen LogP contribution in [-0.2, 0) is 6.54 Å². The van der Waals surface area contributed by atoms with Gasteiger partial charge in [-0.15, -0.1) is 0 Å². The first kappa shape index (κ1) is 16.1. The largest absolute Gasteiger partial charge is 0.343 e. The molecule has 1 N–H and O–H groups in total. The monoisotopic (exact) mass is 338 g/mol. The number of anilines is 1. The minimum Gasteiger partial charge on any atom is -0.343 e. The molecule has 0 atom stereocenters. The zero-order chi connectivity index (χ0) is 16.9. The molecule has 2 aromatic carbocycles. The summed E-state index contributed by atoms with van der Waals surface area (Å²) in [4.78, 5) is 6.30. The van der Waals surface area contributed by atoms with Crippen molar-refractivity contribution < 1.29 is 4.52 Å². The number of rotatable bonds is 4. The summed E-state index contributed by atoms with van der Waals surface area (Å²) in [7, 11) is 1.88. The van der Waals surface area contributed by atoms with Gasteiger partial charge in [0.05, 0.1) is 6.54 Å². The lowest BCUT2D eigenvalue weighted by molar-refractivity contribution is 0.336. The Morgan fingerprint density at radius 3 is 2.71 bits per heavy atom. The molecule has 0 bridgehead atoms. The van der Waals surface area contributed by atoms with E-state index in [4.69, 9.17) is 16.7 Å². The summed E-state index contributed by atoms with van der Waals surface area (Å²) < 4.78 is 5.34. The summed E-state index contributed by atoms with van der Waals surface area (Å²) in [6.45, 7) is 2.48. The number of thiocarbonyl (C=S) groups is 1. The number of hydrogen-bond acceptors (Lipinski definition) is 4. The number of para-hydroxylation sites is 1. The van der Waals surface area contributed by atoms with Crippen molar-refractivity contribution in [2.24, 2.45) is 0 Å². The molecule has 0 aliphatic carbocycles. The number of nitrogens with one attached hydrogen (secondary N) is 1. The van der Waals surface area contributed by atoms with Crippen molar-refractivity contribution in [3.05, 3.63) is 66.1 Å². The molecule has 0 aliphatic rings. The zero-order valence-electron chi connectivity index (χ0n) is 13.6. The second-order valence-electron chi connectivity index (χ2n) is 5.53. The van der Waals surface area contributed by atoms with E-state index < -0.39 is 0 Å². The van der Waals surface area contributed by atoms with Crippen molar-refractivity contribution in [3.63, 3.8) is 0 Å². The predicted octanol–water partition coefficient (Wildman–Crippen LogP) is 3.87. The van der Waals surface area contributed by atoms with Crippen LogP contribution in [0, 0.1) is 6.92 Å². The normalized spacial score (nSPS) is 10.4. The minimum atomic E-state index is 0.442. The molecule has 122 valence electrons. The molecule has 0 amide bonds. The van der Waals surface area contributed by atoms with Gasteiger partial charge in [0.25, 0.3) is 0 Å². The van der Waals surface area contributed by atoms with Crippen molar-refractivity contribution in [2.75, 3.05) is 12.4 Å². The number of aromatic nitrogens is 2. The van der Waals surface area contributed by atoms with Crippen LogP contribution < -0.4 is 5.32 Å². The number of nitrogens with zero attached hydrogens (tertiary/aromatic N) is 3. The Bertz CT molecular complexity index is 832. The Kier molecular flexibility index (Phi) is 4.86. The molecule has 3 rings (SSSR count). The van der Waals surface area contributed by atoms with Crippen molar-refractivity contribution >= 4 is 23.0 Å². The van der Waals surface area contributed by atoms with Crippen LogP contribution in [0.3, 0.4) is 0 Å².